The van der Waals surface area contributed by atoms with Crippen molar-refractivity contribution in [2.45, 2.75) is 70.6 Å². The number of aromatic nitrogens is 4. The third kappa shape index (κ3) is 6.71. The number of nitrogens with zero attached hydrogens (tertiary/aromatic N) is 5. The van der Waals surface area contributed by atoms with Gasteiger partial charge in [-0.15, -0.1) is 10.2 Å². The van der Waals surface area contributed by atoms with Gasteiger partial charge in [0.2, 0.25) is 17.6 Å². The highest BCUT2D eigenvalue weighted by Crippen LogP contribution is 2.33. The number of rotatable bonds is 9. The van der Waals surface area contributed by atoms with E-state index < -0.39 is 17.4 Å². The van der Waals surface area contributed by atoms with Gasteiger partial charge in [0.25, 0.3) is 0 Å². The molecule has 1 atom stereocenters. The molecule has 1 aliphatic rings. The van der Waals surface area contributed by atoms with Gasteiger partial charge in [0, 0.05) is 17.1 Å². The molecule has 4 rings (SSSR count). The van der Waals surface area contributed by atoms with Crippen LogP contribution in [0.3, 0.4) is 0 Å². The first-order valence-electron chi connectivity index (χ1n) is 13.0. The van der Waals surface area contributed by atoms with Crippen LogP contribution in [0.2, 0.25) is 0 Å². The zero-order valence-corrected chi connectivity index (χ0v) is 23.0. The number of nitrogens with one attached hydrogen (secondary N) is 1. The predicted octanol–water partition coefficient (Wildman–Crippen LogP) is 3.92. The molecule has 11 heteroatoms. The lowest BCUT2D eigenvalue weighted by Crippen LogP contribution is -2.52. The van der Waals surface area contributed by atoms with Gasteiger partial charge in [-0.2, -0.15) is 4.80 Å². The van der Waals surface area contributed by atoms with Crippen molar-refractivity contribution in [1.82, 2.24) is 30.4 Å². The second-order valence-corrected chi connectivity index (χ2v) is 10.6. The topological polar surface area (TPSA) is 111 Å². The Labute approximate surface area is 227 Å². The Kier molecular flexibility index (Phi) is 8.47. The summed E-state index contributed by atoms with van der Waals surface area (Å²) in [6.07, 6.45) is 3.45. The van der Waals surface area contributed by atoms with Crippen molar-refractivity contribution in [3.63, 3.8) is 0 Å². The summed E-state index contributed by atoms with van der Waals surface area (Å²) < 4.78 is 24.4. The first-order valence-corrected chi connectivity index (χ1v) is 13.0. The van der Waals surface area contributed by atoms with E-state index in [4.69, 9.17) is 9.47 Å². The molecule has 0 saturated heterocycles. The van der Waals surface area contributed by atoms with E-state index in [9.17, 15) is 14.0 Å². The van der Waals surface area contributed by atoms with Gasteiger partial charge < -0.3 is 19.7 Å². The number of carbonyl (C=O) groups is 2. The molecule has 1 aromatic heterocycles. The van der Waals surface area contributed by atoms with Crippen LogP contribution in [0, 0.1) is 5.82 Å². The summed E-state index contributed by atoms with van der Waals surface area (Å²) in [5.74, 6) is 0.334. The monoisotopic (exact) mass is 538 g/mol. The lowest BCUT2D eigenvalue weighted by Gasteiger charge is -2.37. The molecule has 0 spiro atoms. The molecular formula is C28H35FN6O4. The second-order valence-electron chi connectivity index (χ2n) is 10.6. The molecule has 39 heavy (non-hydrogen) atoms. The minimum atomic E-state index is -0.936. The first-order chi connectivity index (χ1) is 18.6. The number of benzene rings is 2. The summed E-state index contributed by atoms with van der Waals surface area (Å²) in [4.78, 5) is 30.4. The summed E-state index contributed by atoms with van der Waals surface area (Å²) in [5, 5.41) is 15.6. The summed E-state index contributed by atoms with van der Waals surface area (Å²) in [6.45, 7) is 5.42. The first kappa shape index (κ1) is 28.0. The SMILES string of the molecule is COc1ccc(-c2nnn(CC(=O)N(C3CCCC3)[C@H](C(=O)NC(C)(C)C)c3ccc(F)cc3)n2)cc1OC. The molecule has 1 heterocycles. The molecule has 1 N–H and O–H groups in total. The molecular weight excluding hydrogens is 503 g/mol. The Morgan fingerprint density at radius 1 is 1.08 bits per heavy atom. The standard InChI is InChI=1S/C28H35FN6O4/c1-28(2,3)30-27(37)25(18-10-13-20(29)14-11-18)35(21-8-6-7-9-21)24(36)17-34-32-26(31-33-34)19-12-15-22(38-4)23(16-19)39-5/h10-16,21,25H,6-9,17H2,1-5H3,(H,30,37)/t25-/m0/s1. The van der Waals surface area contributed by atoms with Crippen molar-refractivity contribution in [2.75, 3.05) is 14.2 Å². The highest BCUT2D eigenvalue weighted by atomic mass is 19.1. The van der Waals surface area contributed by atoms with Crippen molar-refractivity contribution >= 4 is 11.8 Å². The molecule has 1 saturated carbocycles. The fourth-order valence-electron chi connectivity index (χ4n) is 4.87. The highest BCUT2D eigenvalue weighted by molar-refractivity contribution is 5.89. The van der Waals surface area contributed by atoms with Gasteiger partial charge in [-0.25, -0.2) is 4.39 Å². The number of methoxy groups -OCH3 is 2. The lowest BCUT2D eigenvalue weighted by molar-refractivity contribution is -0.145. The van der Waals surface area contributed by atoms with E-state index in [1.807, 2.05) is 20.8 Å². The normalized spacial score (nSPS) is 14.6. The van der Waals surface area contributed by atoms with E-state index in [-0.39, 0.29) is 24.4 Å². The van der Waals surface area contributed by atoms with Crippen LogP contribution in [0.25, 0.3) is 11.4 Å². The van der Waals surface area contributed by atoms with Gasteiger partial charge in [0.1, 0.15) is 18.4 Å². The molecule has 1 aliphatic carbocycles. The zero-order valence-electron chi connectivity index (χ0n) is 23.0. The quantitative estimate of drug-likeness (QED) is 0.440. The molecule has 1 fully saturated rings. The number of ether oxygens (including phenoxy) is 2. The van der Waals surface area contributed by atoms with Crippen LogP contribution in [0.1, 0.15) is 58.1 Å². The maximum Gasteiger partial charge on any atom is 0.247 e. The van der Waals surface area contributed by atoms with Crippen LogP contribution in [0.5, 0.6) is 11.5 Å². The third-order valence-corrected chi connectivity index (χ3v) is 6.59. The Balaban J connectivity index is 1.65. The van der Waals surface area contributed by atoms with Crippen LogP contribution < -0.4 is 14.8 Å². The second kappa shape index (κ2) is 11.8. The van der Waals surface area contributed by atoms with Gasteiger partial charge >= 0.3 is 0 Å². The van der Waals surface area contributed by atoms with Gasteiger partial charge in [0.05, 0.1) is 14.2 Å². The van der Waals surface area contributed by atoms with E-state index in [1.54, 1.807) is 42.3 Å². The van der Waals surface area contributed by atoms with Crippen LogP contribution in [-0.2, 0) is 16.1 Å². The van der Waals surface area contributed by atoms with Gasteiger partial charge in [-0.1, -0.05) is 25.0 Å². The van der Waals surface area contributed by atoms with Crippen molar-refractivity contribution in [2.24, 2.45) is 0 Å². The smallest absolute Gasteiger partial charge is 0.247 e. The fraction of sp³-hybridized carbons (Fsp3) is 0.464. The van der Waals surface area contributed by atoms with Gasteiger partial charge in [0.15, 0.2) is 11.5 Å². The molecule has 208 valence electrons. The average molecular weight is 539 g/mol. The summed E-state index contributed by atoms with van der Waals surface area (Å²) >= 11 is 0. The number of halogens is 1. The van der Waals surface area contributed by atoms with Crippen LogP contribution in [0.15, 0.2) is 42.5 Å². The number of hydrogen-bond donors (Lipinski definition) is 1. The molecule has 0 aliphatic heterocycles. The van der Waals surface area contributed by atoms with E-state index in [0.29, 0.717) is 28.5 Å². The van der Waals surface area contributed by atoms with Gasteiger partial charge in [-0.05, 0) is 74.7 Å². The fourth-order valence-corrected chi connectivity index (χ4v) is 4.87. The molecule has 2 amide bonds. The van der Waals surface area contributed by atoms with E-state index in [0.717, 1.165) is 25.7 Å². The minimum absolute atomic E-state index is 0.146. The zero-order chi connectivity index (χ0) is 28.2. The maximum atomic E-state index is 13.9. The number of hydrogen-bond acceptors (Lipinski definition) is 7. The predicted molar refractivity (Wildman–Crippen MR) is 142 cm³/mol. The molecule has 3 aromatic rings. The Hall–Kier alpha value is -4.02. The van der Waals surface area contributed by atoms with Crippen LogP contribution in [0.4, 0.5) is 4.39 Å². The minimum Gasteiger partial charge on any atom is -0.493 e. The Morgan fingerprint density at radius 2 is 1.74 bits per heavy atom. The largest absolute Gasteiger partial charge is 0.493 e. The number of carbonyl (C=O) groups excluding carboxylic acids is 2. The summed E-state index contributed by atoms with van der Waals surface area (Å²) in [6, 6.07) is 9.88. The average Bonchev–Trinajstić information content (AvgIpc) is 3.59. The lowest BCUT2D eigenvalue weighted by atomic mass is 9.99. The molecule has 10 nitrogen and oxygen atoms in total. The maximum absolute atomic E-state index is 13.9. The van der Waals surface area contributed by atoms with Crippen molar-refractivity contribution in [1.29, 1.82) is 0 Å². The molecule has 0 radical (unpaired) electrons. The van der Waals surface area contributed by atoms with Crippen LogP contribution >= 0.6 is 0 Å². The Morgan fingerprint density at radius 3 is 2.36 bits per heavy atom. The summed E-state index contributed by atoms with van der Waals surface area (Å²) in [7, 11) is 3.09. The van der Waals surface area contributed by atoms with Crippen LogP contribution in [-0.4, -0.2) is 62.7 Å². The molecule has 0 bridgehead atoms. The van der Waals surface area contributed by atoms with Gasteiger partial charge in [-0.3, -0.25) is 9.59 Å². The van der Waals surface area contributed by atoms with E-state index >= 15 is 0 Å². The van der Waals surface area contributed by atoms with Crippen molar-refractivity contribution < 1.29 is 23.5 Å². The highest BCUT2D eigenvalue weighted by Gasteiger charge is 2.38. The molecule has 2 aromatic carbocycles. The third-order valence-electron chi connectivity index (χ3n) is 6.59. The van der Waals surface area contributed by atoms with E-state index in [2.05, 4.69) is 20.7 Å². The molecule has 0 unspecified atom stereocenters. The van der Waals surface area contributed by atoms with E-state index in [1.165, 1.54) is 24.0 Å². The Bertz CT molecular complexity index is 1300. The van der Waals surface area contributed by atoms with Crippen molar-refractivity contribution in [3.05, 3.63) is 53.8 Å². The summed E-state index contributed by atoms with van der Waals surface area (Å²) in [5.41, 5.74) is 0.658. The number of tetrazole rings is 1. The van der Waals surface area contributed by atoms with Crippen molar-refractivity contribution in [3.8, 4) is 22.9 Å². The number of amides is 2.